The van der Waals surface area contributed by atoms with Crippen LogP contribution in [0.25, 0.3) is 0 Å². The summed E-state index contributed by atoms with van der Waals surface area (Å²) in [5.41, 5.74) is 0.678. The molecule has 0 bridgehead atoms. The van der Waals surface area contributed by atoms with Gasteiger partial charge < -0.3 is 0 Å². The van der Waals surface area contributed by atoms with Crippen molar-refractivity contribution in [3.8, 4) is 0 Å². The summed E-state index contributed by atoms with van der Waals surface area (Å²) in [6.07, 6.45) is 3.73. The molecule has 94 valence electrons. The number of rotatable bonds is 3. The SMILES string of the molecule is CCc1cn(Cc2ccnc(Cl)c2)c(=O)[nH]c1=O. The van der Waals surface area contributed by atoms with Gasteiger partial charge in [-0.1, -0.05) is 18.5 Å². The summed E-state index contributed by atoms with van der Waals surface area (Å²) < 4.78 is 1.45. The molecule has 0 fully saturated rings. The van der Waals surface area contributed by atoms with Gasteiger partial charge in [0.05, 0.1) is 6.54 Å². The van der Waals surface area contributed by atoms with Crippen molar-refractivity contribution in [3.63, 3.8) is 0 Å². The minimum absolute atomic E-state index is 0.327. The van der Waals surface area contributed by atoms with Gasteiger partial charge in [0, 0.05) is 18.0 Å². The third kappa shape index (κ3) is 2.68. The minimum atomic E-state index is -0.426. The lowest BCUT2D eigenvalue weighted by atomic mass is 10.2. The van der Waals surface area contributed by atoms with E-state index < -0.39 is 5.69 Å². The molecule has 0 saturated carbocycles. The molecule has 1 N–H and O–H groups in total. The van der Waals surface area contributed by atoms with Crippen LogP contribution >= 0.6 is 11.6 Å². The number of hydrogen-bond acceptors (Lipinski definition) is 3. The molecular weight excluding hydrogens is 254 g/mol. The number of aromatic nitrogens is 3. The summed E-state index contributed by atoms with van der Waals surface area (Å²) >= 11 is 5.78. The Morgan fingerprint density at radius 3 is 2.89 bits per heavy atom. The van der Waals surface area contributed by atoms with Gasteiger partial charge in [-0.15, -0.1) is 0 Å². The number of halogens is 1. The van der Waals surface area contributed by atoms with Crippen LogP contribution in [0.1, 0.15) is 18.1 Å². The highest BCUT2D eigenvalue weighted by Gasteiger charge is 2.04. The lowest BCUT2D eigenvalue weighted by Crippen LogP contribution is -2.31. The van der Waals surface area contributed by atoms with Crippen molar-refractivity contribution in [1.29, 1.82) is 0 Å². The zero-order chi connectivity index (χ0) is 13.1. The minimum Gasteiger partial charge on any atom is -0.296 e. The van der Waals surface area contributed by atoms with Gasteiger partial charge in [0.25, 0.3) is 5.56 Å². The summed E-state index contributed by atoms with van der Waals surface area (Å²) in [6.45, 7) is 2.22. The molecule has 0 atom stereocenters. The van der Waals surface area contributed by atoms with Crippen molar-refractivity contribution in [2.24, 2.45) is 0 Å². The average Bonchev–Trinajstić information content (AvgIpc) is 2.33. The van der Waals surface area contributed by atoms with E-state index in [2.05, 4.69) is 9.97 Å². The number of H-pyrrole nitrogens is 1. The molecule has 0 unspecified atom stereocenters. The van der Waals surface area contributed by atoms with E-state index in [1.807, 2.05) is 6.92 Å². The lowest BCUT2D eigenvalue weighted by Gasteiger charge is -2.06. The highest BCUT2D eigenvalue weighted by Crippen LogP contribution is 2.07. The molecule has 18 heavy (non-hydrogen) atoms. The number of aromatic amines is 1. The van der Waals surface area contributed by atoms with Crippen LogP contribution in [0.3, 0.4) is 0 Å². The summed E-state index contributed by atoms with van der Waals surface area (Å²) in [6, 6.07) is 3.46. The molecule has 0 aliphatic heterocycles. The van der Waals surface area contributed by atoms with Crippen LogP contribution < -0.4 is 11.2 Å². The Morgan fingerprint density at radius 1 is 1.44 bits per heavy atom. The molecule has 2 aromatic rings. The predicted octanol–water partition coefficient (Wildman–Crippen LogP) is 1.20. The predicted molar refractivity (Wildman–Crippen MR) is 69.0 cm³/mol. The molecular formula is C12H12ClN3O2. The fourth-order valence-corrected chi connectivity index (χ4v) is 1.86. The van der Waals surface area contributed by atoms with Crippen molar-refractivity contribution in [2.75, 3.05) is 0 Å². The number of nitrogens with one attached hydrogen (secondary N) is 1. The summed E-state index contributed by atoms with van der Waals surface area (Å²) in [5.74, 6) is 0. The van der Waals surface area contributed by atoms with E-state index in [9.17, 15) is 9.59 Å². The molecule has 5 nitrogen and oxygen atoms in total. The molecule has 0 saturated heterocycles. The molecule has 2 heterocycles. The highest BCUT2D eigenvalue weighted by atomic mass is 35.5. The molecule has 0 radical (unpaired) electrons. The maximum atomic E-state index is 11.7. The summed E-state index contributed by atoms with van der Waals surface area (Å²) in [5, 5.41) is 0.376. The van der Waals surface area contributed by atoms with Crippen molar-refractivity contribution in [1.82, 2.24) is 14.5 Å². The Kier molecular flexibility index (Phi) is 3.62. The van der Waals surface area contributed by atoms with Gasteiger partial charge in [0.1, 0.15) is 5.15 Å². The standard InChI is InChI=1S/C12H12ClN3O2/c1-2-9-7-16(12(18)15-11(9)17)6-8-3-4-14-10(13)5-8/h3-5,7H,2,6H2,1H3,(H,15,17,18). The van der Waals surface area contributed by atoms with E-state index in [-0.39, 0.29) is 5.56 Å². The smallest absolute Gasteiger partial charge is 0.296 e. The maximum absolute atomic E-state index is 11.7. The van der Waals surface area contributed by atoms with Gasteiger partial charge in [-0.3, -0.25) is 14.3 Å². The van der Waals surface area contributed by atoms with E-state index in [1.54, 1.807) is 24.5 Å². The molecule has 0 aromatic carbocycles. The Hall–Kier alpha value is -1.88. The van der Waals surface area contributed by atoms with Gasteiger partial charge in [-0.05, 0) is 24.1 Å². The molecule has 0 spiro atoms. The van der Waals surface area contributed by atoms with Crippen LogP contribution in [0.4, 0.5) is 0 Å². The van der Waals surface area contributed by atoms with E-state index in [0.29, 0.717) is 23.7 Å². The van der Waals surface area contributed by atoms with E-state index in [4.69, 9.17) is 11.6 Å². The number of nitrogens with zero attached hydrogens (tertiary/aromatic N) is 2. The molecule has 2 aromatic heterocycles. The second-order valence-corrected chi connectivity index (χ2v) is 4.27. The average molecular weight is 266 g/mol. The Balaban J connectivity index is 2.40. The third-order valence-corrected chi connectivity index (χ3v) is 2.82. The number of pyridine rings is 1. The maximum Gasteiger partial charge on any atom is 0.328 e. The second kappa shape index (κ2) is 5.18. The molecule has 0 amide bonds. The molecule has 2 rings (SSSR count). The topological polar surface area (TPSA) is 67.8 Å². The first-order valence-corrected chi connectivity index (χ1v) is 5.91. The summed E-state index contributed by atoms with van der Waals surface area (Å²) in [4.78, 5) is 29.3. The monoisotopic (exact) mass is 265 g/mol. The van der Waals surface area contributed by atoms with Crippen LogP contribution in [-0.4, -0.2) is 14.5 Å². The molecule has 0 aliphatic carbocycles. The van der Waals surface area contributed by atoms with E-state index >= 15 is 0 Å². The quantitative estimate of drug-likeness (QED) is 0.848. The fourth-order valence-electron chi connectivity index (χ4n) is 1.66. The molecule has 0 aliphatic rings. The Morgan fingerprint density at radius 2 is 2.22 bits per heavy atom. The first-order valence-electron chi connectivity index (χ1n) is 5.53. The van der Waals surface area contributed by atoms with Gasteiger partial charge in [0.15, 0.2) is 0 Å². The first-order chi connectivity index (χ1) is 8.60. The highest BCUT2D eigenvalue weighted by molar-refractivity contribution is 6.29. The van der Waals surface area contributed by atoms with Crippen LogP contribution in [0.15, 0.2) is 34.1 Å². The van der Waals surface area contributed by atoms with Gasteiger partial charge in [-0.25, -0.2) is 9.78 Å². The van der Waals surface area contributed by atoms with Gasteiger partial charge in [-0.2, -0.15) is 0 Å². The fraction of sp³-hybridized carbons (Fsp3) is 0.250. The van der Waals surface area contributed by atoms with Crippen LogP contribution in [0.2, 0.25) is 5.15 Å². The normalized spacial score (nSPS) is 10.6. The Bertz CT molecular complexity index is 676. The summed E-state index contributed by atoms with van der Waals surface area (Å²) in [7, 11) is 0. The third-order valence-electron chi connectivity index (χ3n) is 2.61. The van der Waals surface area contributed by atoms with E-state index in [1.165, 1.54) is 4.57 Å². The zero-order valence-electron chi connectivity index (χ0n) is 9.81. The van der Waals surface area contributed by atoms with Crippen LogP contribution in [-0.2, 0) is 13.0 Å². The largest absolute Gasteiger partial charge is 0.328 e. The van der Waals surface area contributed by atoms with E-state index in [0.717, 1.165) is 5.56 Å². The van der Waals surface area contributed by atoms with Gasteiger partial charge >= 0.3 is 5.69 Å². The zero-order valence-corrected chi connectivity index (χ0v) is 10.6. The number of hydrogen-bond donors (Lipinski definition) is 1. The van der Waals surface area contributed by atoms with Crippen molar-refractivity contribution in [3.05, 3.63) is 61.6 Å². The van der Waals surface area contributed by atoms with Crippen LogP contribution in [0.5, 0.6) is 0 Å². The first kappa shape index (κ1) is 12.6. The van der Waals surface area contributed by atoms with Gasteiger partial charge in [0.2, 0.25) is 0 Å². The molecule has 6 heteroatoms. The van der Waals surface area contributed by atoms with Crippen LogP contribution in [0, 0.1) is 0 Å². The van der Waals surface area contributed by atoms with Crippen molar-refractivity contribution < 1.29 is 0 Å². The van der Waals surface area contributed by atoms with Crippen molar-refractivity contribution >= 4 is 11.6 Å². The van der Waals surface area contributed by atoms with Crippen molar-refractivity contribution in [2.45, 2.75) is 19.9 Å². The number of aryl methyl sites for hydroxylation is 1. The lowest BCUT2D eigenvalue weighted by molar-refractivity contribution is 0.707. The Labute approximate surface area is 108 Å². The second-order valence-electron chi connectivity index (χ2n) is 3.88.